The summed E-state index contributed by atoms with van der Waals surface area (Å²) < 4.78 is 2.36. The van der Waals surface area contributed by atoms with Crippen LogP contribution < -0.4 is 5.73 Å². The molecular formula is C17H24N2. The highest BCUT2D eigenvalue weighted by Crippen LogP contribution is 2.45. The molecule has 2 aromatic rings. The Labute approximate surface area is 115 Å². The highest BCUT2D eigenvalue weighted by Gasteiger charge is 2.38. The zero-order valence-electron chi connectivity index (χ0n) is 12.3. The first-order valence-electron chi connectivity index (χ1n) is 7.36. The molecule has 2 heteroatoms. The summed E-state index contributed by atoms with van der Waals surface area (Å²) in [6, 6.07) is 6.66. The van der Waals surface area contributed by atoms with Crippen LogP contribution in [0, 0.1) is 13.8 Å². The van der Waals surface area contributed by atoms with Gasteiger partial charge in [-0.2, -0.15) is 0 Å². The Morgan fingerprint density at radius 1 is 1.21 bits per heavy atom. The summed E-state index contributed by atoms with van der Waals surface area (Å²) in [6.07, 6.45) is 5.13. The summed E-state index contributed by atoms with van der Waals surface area (Å²) in [6.45, 7) is 5.24. The van der Waals surface area contributed by atoms with Crippen molar-refractivity contribution < 1.29 is 0 Å². The van der Waals surface area contributed by atoms with Crippen LogP contribution in [0.2, 0.25) is 0 Å². The number of nitrogens with zero attached hydrogens (tertiary/aromatic N) is 1. The van der Waals surface area contributed by atoms with Gasteiger partial charge in [-0.05, 0) is 37.8 Å². The standard InChI is InChI=1S/C17H24N2/c1-12-7-6-8-14-15(13(2)19(3)16(12)14)17(11-18)9-4-5-10-17/h6-8H,4-5,9-11,18H2,1-3H3. The van der Waals surface area contributed by atoms with Gasteiger partial charge in [-0.3, -0.25) is 0 Å². The van der Waals surface area contributed by atoms with Crippen molar-refractivity contribution in [3.8, 4) is 0 Å². The molecule has 1 heterocycles. The molecule has 1 saturated carbocycles. The molecule has 0 bridgehead atoms. The Bertz CT molecular complexity index is 616. The molecule has 19 heavy (non-hydrogen) atoms. The normalized spacial score (nSPS) is 18.3. The van der Waals surface area contributed by atoms with Gasteiger partial charge < -0.3 is 10.3 Å². The average molecular weight is 256 g/mol. The fourth-order valence-corrected chi connectivity index (χ4v) is 4.11. The number of nitrogens with two attached hydrogens (primary N) is 1. The minimum atomic E-state index is 0.220. The molecule has 0 radical (unpaired) electrons. The molecule has 0 amide bonds. The molecule has 1 aromatic heterocycles. The van der Waals surface area contributed by atoms with E-state index in [0.29, 0.717) is 0 Å². The van der Waals surface area contributed by atoms with Gasteiger partial charge in [-0.25, -0.2) is 0 Å². The van der Waals surface area contributed by atoms with E-state index >= 15 is 0 Å². The van der Waals surface area contributed by atoms with Crippen LogP contribution in [0.4, 0.5) is 0 Å². The number of para-hydroxylation sites is 1. The summed E-state index contributed by atoms with van der Waals surface area (Å²) in [5.41, 5.74) is 12.1. The Morgan fingerprint density at radius 2 is 1.89 bits per heavy atom. The summed E-state index contributed by atoms with van der Waals surface area (Å²) in [7, 11) is 2.19. The van der Waals surface area contributed by atoms with Gasteiger partial charge in [0.2, 0.25) is 0 Å². The molecule has 0 saturated heterocycles. The van der Waals surface area contributed by atoms with Gasteiger partial charge >= 0.3 is 0 Å². The van der Waals surface area contributed by atoms with Gasteiger partial charge in [0.05, 0.1) is 5.52 Å². The molecule has 1 fully saturated rings. The zero-order valence-corrected chi connectivity index (χ0v) is 12.3. The summed E-state index contributed by atoms with van der Waals surface area (Å²) in [5, 5.41) is 1.42. The number of aryl methyl sites for hydroxylation is 2. The van der Waals surface area contributed by atoms with Crippen molar-refractivity contribution in [1.29, 1.82) is 0 Å². The van der Waals surface area contributed by atoms with Crippen LogP contribution in [0.1, 0.15) is 42.5 Å². The van der Waals surface area contributed by atoms with E-state index in [1.807, 2.05) is 0 Å². The maximum Gasteiger partial charge on any atom is 0.0512 e. The molecule has 102 valence electrons. The van der Waals surface area contributed by atoms with E-state index < -0.39 is 0 Å². The van der Waals surface area contributed by atoms with Crippen molar-refractivity contribution in [2.24, 2.45) is 12.8 Å². The lowest BCUT2D eigenvalue weighted by Crippen LogP contribution is -2.32. The van der Waals surface area contributed by atoms with Crippen LogP contribution in [0.15, 0.2) is 18.2 Å². The Hall–Kier alpha value is -1.28. The van der Waals surface area contributed by atoms with Crippen LogP contribution >= 0.6 is 0 Å². The van der Waals surface area contributed by atoms with Crippen molar-refractivity contribution in [3.63, 3.8) is 0 Å². The fraction of sp³-hybridized carbons (Fsp3) is 0.529. The van der Waals surface area contributed by atoms with Crippen molar-refractivity contribution in [2.45, 2.75) is 44.9 Å². The second-order valence-corrected chi connectivity index (χ2v) is 6.18. The maximum absolute atomic E-state index is 6.20. The van der Waals surface area contributed by atoms with Gasteiger partial charge in [0.15, 0.2) is 0 Å². The van der Waals surface area contributed by atoms with Crippen molar-refractivity contribution in [3.05, 3.63) is 35.0 Å². The van der Waals surface area contributed by atoms with Crippen molar-refractivity contribution >= 4 is 10.9 Å². The number of aromatic nitrogens is 1. The van der Waals surface area contributed by atoms with Crippen LogP contribution in [0.25, 0.3) is 10.9 Å². The molecule has 3 rings (SSSR count). The van der Waals surface area contributed by atoms with Crippen molar-refractivity contribution in [2.75, 3.05) is 6.54 Å². The highest BCUT2D eigenvalue weighted by atomic mass is 15.0. The van der Waals surface area contributed by atoms with Gasteiger partial charge in [-0.15, -0.1) is 0 Å². The molecule has 1 aliphatic carbocycles. The molecular weight excluding hydrogens is 232 g/mol. The van der Waals surface area contributed by atoms with Gasteiger partial charge in [0, 0.05) is 30.1 Å². The van der Waals surface area contributed by atoms with Gasteiger partial charge in [0.1, 0.15) is 0 Å². The Kier molecular flexibility index (Phi) is 2.94. The third-order valence-electron chi connectivity index (χ3n) is 5.19. The molecule has 2 N–H and O–H groups in total. The first kappa shape index (κ1) is 12.7. The highest BCUT2D eigenvalue weighted by molar-refractivity contribution is 5.89. The Morgan fingerprint density at radius 3 is 2.53 bits per heavy atom. The number of hydrogen-bond donors (Lipinski definition) is 1. The molecule has 0 aliphatic heterocycles. The quantitative estimate of drug-likeness (QED) is 0.875. The van der Waals surface area contributed by atoms with Crippen LogP contribution in [-0.4, -0.2) is 11.1 Å². The fourth-order valence-electron chi connectivity index (χ4n) is 4.11. The predicted molar refractivity (Wildman–Crippen MR) is 81.6 cm³/mol. The summed E-state index contributed by atoms with van der Waals surface area (Å²) in [4.78, 5) is 0. The monoisotopic (exact) mass is 256 g/mol. The SMILES string of the molecule is Cc1cccc2c(C3(CN)CCCC3)c(C)n(C)c12. The molecule has 1 aliphatic rings. The molecule has 2 nitrogen and oxygen atoms in total. The molecule has 0 unspecified atom stereocenters. The lowest BCUT2D eigenvalue weighted by molar-refractivity contribution is 0.453. The first-order valence-corrected chi connectivity index (χ1v) is 7.36. The van der Waals surface area contributed by atoms with E-state index in [4.69, 9.17) is 5.73 Å². The topological polar surface area (TPSA) is 30.9 Å². The second-order valence-electron chi connectivity index (χ2n) is 6.18. The smallest absolute Gasteiger partial charge is 0.0512 e. The van der Waals surface area contributed by atoms with Crippen LogP contribution in [-0.2, 0) is 12.5 Å². The van der Waals surface area contributed by atoms with E-state index in [1.54, 1.807) is 0 Å². The molecule has 0 spiro atoms. The van der Waals surface area contributed by atoms with E-state index in [9.17, 15) is 0 Å². The van der Waals surface area contributed by atoms with Gasteiger partial charge in [-0.1, -0.05) is 31.0 Å². The second kappa shape index (κ2) is 4.38. The van der Waals surface area contributed by atoms with E-state index in [0.717, 1.165) is 6.54 Å². The predicted octanol–water partition coefficient (Wildman–Crippen LogP) is 3.57. The zero-order chi connectivity index (χ0) is 13.6. The lowest BCUT2D eigenvalue weighted by Gasteiger charge is -2.28. The number of hydrogen-bond acceptors (Lipinski definition) is 1. The number of benzene rings is 1. The van der Waals surface area contributed by atoms with E-state index in [-0.39, 0.29) is 5.41 Å². The average Bonchev–Trinajstić information content (AvgIpc) is 2.96. The minimum Gasteiger partial charge on any atom is -0.347 e. The Balaban J connectivity index is 2.35. The largest absolute Gasteiger partial charge is 0.347 e. The summed E-state index contributed by atoms with van der Waals surface area (Å²) in [5.74, 6) is 0. The molecule has 0 atom stereocenters. The van der Waals surface area contributed by atoms with Crippen LogP contribution in [0.3, 0.4) is 0 Å². The summed E-state index contributed by atoms with van der Waals surface area (Å²) >= 11 is 0. The van der Waals surface area contributed by atoms with Crippen LogP contribution in [0.5, 0.6) is 0 Å². The van der Waals surface area contributed by atoms with Gasteiger partial charge in [0.25, 0.3) is 0 Å². The van der Waals surface area contributed by atoms with E-state index in [1.165, 1.54) is 53.4 Å². The number of fused-ring (bicyclic) bond motifs is 1. The maximum atomic E-state index is 6.20. The lowest BCUT2D eigenvalue weighted by atomic mass is 9.77. The third-order valence-corrected chi connectivity index (χ3v) is 5.19. The minimum absolute atomic E-state index is 0.220. The molecule has 1 aromatic carbocycles. The number of rotatable bonds is 2. The van der Waals surface area contributed by atoms with Crippen molar-refractivity contribution in [1.82, 2.24) is 4.57 Å². The van der Waals surface area contributed by atoms with E-state index in [2.05, 4.69) is 43.7 Å². The third kappa shape index (κ3) is 1.66. The first-order chi connectivity index (χ1) is 9.10.